The van der Waals surface area contributed by atoms with Crippen molar-refractivity contribution in [3.63, 3.8) is 0 Å². The van der Waals surface area contributed by atoms with Crippen molar-refractivity contribution in [1.29, 1.82) is 0 Å². The zero-order chi connectivity index (χ0) is 15.4. The van der Waals surface area contributed by atoms with Gasteiger partial charge in [0.05, 0.1) is 7.11 Å². The molecular formula is C16H22N4O2. The minimum Gasteiger partial charge on any atom is -0.497 e. The predicted octanol–water partition coefficient (Wildman–Crippen LogP) is 2.15. The average molecular weight is 302 g/mol. The number of ether oxygens (including phenoxy) is 1. The van der Waals surface area contributed by atoms with Crippen LogP contribution in [0.3, 0.4) is 0 Å². The van der Waals surface area contributed by atoms with Gasteiger partial charge in [0.2, 0.25) is 0 Å². The molecule has 0 aliphatic carbocycles. The highest BCUT2D eigenvalue weighted by Gasteiger charge is 2.19. The minimum absolute atomic E-state index is 0.519. The Balaban J connectivity index is 1.48. The molecule has 118 valence electrons. The number of benzene rings is 1. The molecule has 0 radical (unpaired) electrons. The second kappa shape index (κ2) is 6.79. The number of methoxy groups -OCH3 is 1. The van der Waals surface area contributed by atoms with Crippen LogP contribution in [0.2, 0.25) is 0 Å². The van der Waals surface area contributed by atoms with E-state index in [0.717, 1.165) is 49.6 Å². The van der Waals surface area contributed by atoms with Gasteiger partial charge in [0.25, 0.3) is 0 Å². The maximum atomic E-state index is 5.20. The molecule has 0 spiro atoms. The quantitative estimate of drug-likeness (QED) is 0.913. The van der Waals surface area contributed by atoms with Crippen molar-refractivity contribution < 1.29 is 9.37 Å². The number of rotatable bonds is 5. The number of hydrogen-bond donors (Lipinski definition) is 1. The Hall–Kier alpha value is -2.08. The molecule has 3 rings (SSSR count). The number of anilines is 1. The molecule has 1 aromatic heterocycles. The monoisotopic (exact) mass is 302 g/mol. The van der Waals surface area contributed by atoms with E-state index in [1.54, 1.807) is 7.11 Å². The normalized spacial score (nSPS) is 16.0. The standard InChI is InChI=1S/C16H22N4O2/c1-12-16(19-22-18-12)11-17-13-7-9-20(10-8-13)14-3-5-15(21-2)6-4-14/h3-6,13,17H,7-11H2,1-2H3. The van der Waals surface area contributed by atoms with Crippen LogP contribution in [-0.4, -0.2) is 36.6 Å². The Bertz CT molecular complexity index is 588. The van der Waals surface area contributed by atoms with Crippen molar-refractivity contribution in [3.05, 3.63) is 35.7 Å². The lowest BCUT2D eigenvalue weighted by Crippen LogP contribution is -2.42. The smallest absolute Gasteiger partial charge is 0.121 e. The van der Waals surface area contributed by atoms with Gasteiger partial charge in [-0.25, -0.2) is 4.63 Å². The third-order valence-electron chi connectivity index (χ3n) is 4.24. The summed E-state index contributed by atoms with van der Waals surface area (Å²) in [6.45, 7) is 4.75. The van der Waals surface area contributed by atoms with E-state index in [4.69, 9.17) is 9.37 Å². The molecule has 1 aliphatic rings. The van der Waals surface area contributed by atoms with Gasteiger partial charge >= 0.3 is 0 Å². The lowest BCUT2D eigenvalue weighted by Gasteiger charge is -2.34. The van der Waals surface area contributed by atoms with E-state index in [1.165, 1.54) is 5.69 Å². The van der Waals surface area contributed by atoms with Gasteiger partial charge in [-0.05, 0) is 44.0 Å². The van der Waals surface area contributed by atoms with Crippen LogP contribution in [0.1, 0.15) is 24.2 Å². The van der Waals surface area contributed by atoms with Crippen molar-refractivity contribution in [1.82, 2.24) is 15.6 Å². The van der Waals surface area contributed by atoms with Gasteiger partial charge in [-0.15, -0.1) is 0 Å². The van der Waals surface area contributed by atoms with Crippen molar-refractivity contribution in [2.75, 3.05) is 25.1 Å². The fourth-order valence-corrected chi connectivity index (χ4v) is 2.79. The van der Waals surface area contributed by atoms with Gasteiger partial charge in [0.1, 0.15) is 17.1 Å². The number of piperidine rings is 1. The SMILES string of the molecule is COc1ccc(N2CCC(NCc3nonc3C)CC2)cc1. The fourth-order valence-electron chi connectivity index (χ4n) is 2.79. The highest BCUT2D eigenvalue weighted by molar-refractivity contribution is 5.49. The van der Waals surface area contributed by atoms with Crippen LogP contribution >= 0.6 is 0 Å². The molecule has 1 aromatic carbocycles. The predicted molar refractivity (Wildman–Crippen MR) is 84.1 cm³/mol. The van der Waals surface area contributed by atoms with Crippen LogP contribution in [0.25, 0.3) is 0 Å². The van der Waals surface area contributed by atoms with Gasteiger partial charge in [0, 0.05) is 31.4 Å². The number of hydrogen-bond acceptors (Lipinski definition) is 6. The third kappa shape index (κ3) is 3.39. The molecule has 1 fully saturated rings. The topological polar surface area (TPSA) is 63.4 Å². The first-order chi connectivity index (χ1) is 10.8. The molecule has 0 unspecified atom stereocenters. The van der Waals surface area contributed by atoms with E-state index in [0.29, 0.717) is 6.04 Å². The van der Waals surface area contributed by atoms with Crippen LogP contribution in [0.5, 0.6) is 5.75 Å². The molecule has 22 heavy (non-hydrogen) atoms. The fraction of sp³-hybridized carbons (Fsp3) is 0.500. The summed E-state index contributed by atoms with van der Waals surface area (Å²) in [4.78, 5) is 2.42. The van der Waals surface area contributed by atoms with Gasteiger partial charge in [0.15, 0.2) is 0 Å². The second-order valence-electron chi connectivity index (χ2n) is 5.64. The molecule has 0 amide bonds. The van der Waals surface area contributed by atoms with Crippen molar-refractivity contribution in [2.45, 2.75) is 32.4 Å². The maximum absolute atomic E-state index is 5.20. The van der Waals surface area contributed by atoms with Gasteiger partial charge in [-0.3, -0.25) is 0 Å². The summed E-state index contributed by atoms with van der Waals surface area (Å²) < 4.78 is 9.92. The molecule has 0 bridgehead atoms. The van der Waals surface area contributed by atoms with E-state index >= 15 is 0 Å². The van der Waals surface area contributed by atoms with Crippen LogP contribution in [0.15, 0.2) is 28.9 Å². The summed E-state index contributed by atoms with van der Waals surface area (Å²) in [5.74, 6) is 0.900. The highest BCUT2D eigenvalue weighted by Crippen LogP contribution is 2.22. The minimum atomic E-state index is 0.519. The van der Waals surface area contributed by atoms with Crippen LogP contribution in [0, 0.1) is 6.92 Å². The molecule has 2 heterocycles. The molecule has 1 N–H and O–H groups in total. The van der Waals surface area contributed by atoms with Gasteiger partial charge < -0.3 is 15.0 Å². The van der Waals surface area contributed by atoms with E-state index in [-0.39, 0.29) is 0 Å². The van der Waals surface area contributed by atoms with Crippen LogP contribution in [-0.2, 0) is 6.54 Å². The van der Waals surface area contributed by atoms with Crippen LogP contribution in [0.4, 0.5) is 5.69 Å². The van der Waals surface area contributed by atoms with E-state index < -0.39 is 0 Å². The summed E-state index contributed by atoms with van der Waals surface area (Å²) in [5, 5.41) is 11.3. The molecular weight excluding hydrogens is 280 g/mol. The Morgan fingerprint density at radius 2 is 1.95 bits per heavy atom. The largest absolute Gasteiger partial charge is 0.497 e. The zero-order valence-corrected chi connectivity index (χ0v) is 13.1. The van der Waals surface area contributed by atoms with Crippen molar-refractivity contribution in [3.8, 4) is 5.75 Å². The summed E-state index contributed by atoms with van der Waals surface area (Å²) in [6, 6.07) is 8.79. The summed E-state index contributed by atoms with van der Waals surface area (Å²) in [7, 11) is 1.69. The second-order valence-corrected chi connectivity index (χ2v) is 5.64. The van der Waals surface area contributed by atoms with Crippen LogP contribution < -0.4 is 15.0 Å². The summed E-state index contributed by atoms with van der Waals surface area (Å²) in [5.41, 5.74) is 3.02. The van der Waals surface area contributed by atoms with Crippen molar-refractivity contribution >= 4 is 5.69 Å². The number of aromatic nitrogens is 2. The number of aryl methyl sites for hydroxylation is 1. The number of nitrogens with one attached hydrogen (secondary N) is 1. The average Bonchev–Trinajstić information content (AvgIpc) is 2.99. The Morgan fingerprint density at radius 3 is 2.55 bits per heavy atom. The van der Waals surface area contributed by atoms with Crippen molar-refractivity contribution in [2.24, 2.45) is 0 Å². The Kier molecular flexibility index (Phi) is 4.58. The maximum Gasteiger partial charge on any atom is 0.121 e. The molecule has 2 aromatic rings. The molecule has 0 atom stereocenters. The lowest BCUT2D eigenvalue weighted by atomic mass is 10.0. The molecule has 0 saturated carbocycles. The Labute approximate surface area is 130 Å². The summed E-state index contributed by atoms with van der Waals surface area (Å²) >= 11 is 0. The third-order valence-corrected chi connectivity index (χ3v) is 4.24. The molecule has 6 heteroatoms. The van der Waals surface area contributed by atoms with E-state index in [1.807, 2.05) is 19.1 Å². The first kappa shape index (κ1) is 14.8. The highest BCUT2D eigenvalue weighted by atomic mass is 16.6. The van der Waals surface area contributed by atoms with Gasteiger partial charge in [-0.1, -0.05) is 10.3 Å². The first-order valence-corrected chi connectivity index (χ1v) is 7.66. The molecule has 1 saturated heterocycles. The zero-order valence-electron chi connectivity index (χ0n) is 13.1. The van der Waals surface area contributed by atoms with Gasteiger partial charge in [-0.2, -0.15) is 0 Å². The van der Waals surface area contributed by atoms with E-state index in [9.17, 15) is 0 Å². The Morgan fingerprint density at radius 1 is 1.23 bits per heavy atom. The van der Waals surface area contributed by atoms with E-state index in [2.05, 4.69) is 32.7 Å². The molecule has 1 aliphatic heterocycles. The lowest BCUT2D eigenvalue weighted by molar-refractivity contribution is 0.299. The first-order valence-electron chi connectivity index (χ1n) is 7.66. The summed E-state index contributed by atoms with van der Waals surface area (Å²) in [6.07, 6.45) is 2.24. The number of nitrogens with zero attached hydrogens (tertiary/aromatic N) is 3. The molecule has 6 nitrogen and oxygen atoms in total.